The molecule has 0 bridgehead atoms. The smallest absolute Gasteiger partial charge is 0.225 e. The second kappa shape index (κ2) is 3.78. The molecule has 0 unspecified atom stereocenters. The molecule has 0 aliphatic rings. The van der Waals surface area contributed by atoms with Gasteiger partial charge in [0.15, 0.2) is 11.6 Å². The Bertz CT molecular complexity index is 484. The molecule has 0 saturated heterocycles. The minimum atomic E-state index is 0.307. The van der Waals surface area contributed by atoms with E-state index in [9.17, 15) is 0 Å². The van der Waals surface area contributed by atoms with Crippen LogP contribution in [-0.4, -0.2) is 17.3 Å². The van der Waals surface area contributed by atoms with E-state index in [-0.39, 0.29) is 0 Å². The second-order valence-electron chi connectivity index (χ2n) is 2.81. The number of ether oxygens (including phenoxy) is 1. The van der Waals surface area contributed by atoms with Gasteiger partial charge < -0.3 is 15.0 Å². The van der Waals surface area contributed by atoms with Gasteiger partial charge >= 0.3 is 0 Å². The van der Waals surface area contributed by atoms with Crippen molar-refractivity contribution in [2.75, 3.05) is 12.8 Å². The van der Waals surface area contributed by atoms with Crippen molar-refractivity contribution >= 4 is 17.4 Å². The number of nitrogen functional groups attached to an aromatic ring is 1. The average molecular weight is 226 g/mol. The number of anilines is 1. The molecule has 2 rings (SSSR count). The van der Waals surface area contributed by atoms with Crippen LogP contribution in [0.2, 0.25) is 5.15 Å². The van der Waals surface area contributed by atoms with E-state index in [1.54, 1.807) is 18.2 Å². The monoisotopic (exact) mass is 225 g/mol. The summed E-state index contributed by atoms with van der Waals surface area (Å²) < 4.78 is 10.1. The quantitative estimate of drug-likeness (QED) is 0.791. The van der Waals surface area contributed by atoms with Crippen molar-refractivity contribution in [3.05, 3.63) is 23.4 Å². The van der Waals surface area contributed by atoms with Gasteiger partial charge in [0.1, 0.15) is 5.15 Å². The number of nitrogens with two attached hydrogens (primary N) is 1. The molecule has 2 N–H and O–H groups in total. The fourth-order valence-corrected chi connectivity index (χ4v) is 1.32. The van der Waals surface area contributed by atoms with Crippen LogP contribution in [0.15, 0.2) is 22.7 Å². The molecule has 0 aliphatic carbocycles. The summed E-state index contributed by atoms with van der Waals surface area (Å²) in [7, 11) is 1.50. The van der Waals surface area contributed by atoms with E-state index in [0.29, 0.717) is 28.2 Å². The topological polar surface area (TPSA) is 74.2 Å². The molecule has 0 amide bonds. The van der Waals surface area contributed by atoms with E-state index in [1.165, 1.54) is 7.11 Å². The molecule has 2 heterocycles. The molecular weight excluding hydrogens is 218 g/mol. The van der Waals surface area contributed by atoms with Crippen molar-refractivity contribution in [1.82, 2.24) is 10.1 Å². The summed E-state index contributed by atoms with van der Waals surface area (Å²) in [5, 5.41) is 3.93. The third kappa shape index (κ3) is 1.87. The first kappa shape index (κ1) is 9.79. The normalized spacial score (nSPS) is 10.3. The first-order valence-electron chi connectivity index (χ1n) is 4.14. The average Bonchev–Trinajstić information content (AvgIpc) is 2.64. The SMILES string of the molecule is COc1nc(Cl)ccc1-c1cc(N)no1. The van der Waals surface area contributed by atoms with Crippen molar-refractivity contribution in [3.8, 4) is 17.2 Å². The molecular formula is C9H8ClN3O2. The molecule has 0 aliphatic heterocycles. The lowest BCUT2D eigenvalue weighted by Crippen LogP contribution is -1.91. The van der Waals surface area contributed by atoms with Crippen LogP contribution in [0.25, 0.3) is 11.3 Å². The number of rotatable bonds is 2. The zero-order chi connectivity index (χ0) is 10.8. The molecule has 78 valence electrons. The van der Waals surface area contributed by atoms with Crippen LogP contribution in [-0.2, 0) is 0 Å². The Morgan fingerprint density at radius 2 is 2.27 bits per heavy atom. The highest BCUT2D eigenvalue weighted by molar-refractivity contribution is 6.29. The highest BCUT2D eigenvalue weighted by Crippen LogP contribution is 2.30. The predicted molar refractivity (Wildman–Crippen MR) is 55.7 cm³/mol. The van der Waals surface area contributed by atoms with Crippen molar-refractivity contribution in [2.45, 2.75) is 0 Å². The number of nitrogens with zero attached hydrogens (tertiary/aromatic N) is 2. The van der Waals surface area contributed by atoms with Crippen molar-refractivity contribution in [1.29, 1.82) is 0 Å². The Balaban J connectivity index is 2.52. The molecule has 15 heavy (non-hydrogen) atoms. The summed E-state index contributed by atoms with van der Waals surface area (Å²) in [4.78, 5) is 3.99. The first-order chi connectivity index (χ1) is 7.20. The summed E-state index contributed by atoms with van der Waals surface area (Å²) in [5.74, 6) is 1.18. The largest absolute Gasteiger partial charge is 0.480 e. The van der Waals surface area contributed by atoms with Crippen LogP contribution >= 0.6 is 11.6 Å². The highest BCUT2D eigenvalue weighted by Gasteiger charge is 2.12. The van der Waals surface area contributed by atoms with E-state index in [0.717, 1.165) is 0 Å². The number of halogens is 1. The number of pyridine rings is 1. The molecule has 0 radical (unpaired) electrons. The maximum Gasteiger partial charge on any atom is 0.225 e. The lowest BCUT2D eigenvalue weighted by Gasteiger charge is -2.03. The van der Waals surface area contributed by atoms with Crippen LogP contribution in [0.1, 0.15) is 0 Å². The zero-order valence-corrected chi connectivity index (χ0v) is 8.65. The van der Waals surface area contributed by atoms with Crippen LogP contribution in [0.4, 0.5) is 5.82 Å². The Morgan fingerprint density at radius 1 is 1.47 bits per heavy atom. The predicted octanol–water partition coefficient (Wildman–Crippen LogP) is 1.98. The zero-order valence-electron chi connectivity index (χ0n) is 7.90. The van der Waals surface area contributed by atoms with Crippen LogP contribution in [0.5, 0.6) is 5.88 Å². The van der Waals surface area contributed by atoms with Crippen molar-refractivity contribution < 1.29 is 9.26 Å². The Kier molecular flexibility index (Phi) is 2.47. The Labute approximate surface area is 90.8 Å². The van der Waals surface area contributed by atoms with Gasteiger partial charge in [0.2, 0.25) is 5.88 Å². The van der Waals surface area contributed by atoms with Crippen molar-refractivity contribution in [3.63, 3.8) is 0 Å². The van der Waals surface area contributed by atoms with E-state index in [1.807, 2.05) is 0 Å². The third-order valence-electron chi connectivity index (χ3n) is 1.81. The number of methoxy groups -OCH3 is 1. The standard InChI is InChI=1S/C9H8ClN3O2/c1-14-9-5(2-3-7(10)12-9)6-4-8(11)13-15-6/h2-4H,1H3,(H2,11,13). The Morgan fingerprint density at radius 3 is 2.87 bits per heavy atom. The van der Waals surface area contributed by atoms with E-state index < -0.39 is 0 Å². The molecule has 0 spiro atoms. The van der Waals surface area contributed by atoms with E-state index >= 15 is 0 Å². The number of hydrogen-bond donors (Lipinski definition) is 1. The molecule has 0 saturated carbocycles. The van der Waals surface area contributed by atoms with Gasteiger partial charge in [0.25, 0.3) is 0 Å². The molecule has 5 nitrogen and oxygen atoms in total. The molecule has 6 heteroatoms. The fraction of sp³-hybridized carbons (Fsp3) is 0.111. The summed E-state index contributed by atoms with van der Waals surface area (Å²) in [6.07, 6.45) is 0. The van der Waals surface area contributed by atoms with Gasteiger partial charge in [-0.15, -0.1) is 0 Å². The summed E-state index contributed by atoms with van der Waals surface area (Å²) in [6, 6.07) is 4.96. The van der Waals surface area contributed by atoms with Gasteiger partial charge in [-0.05, 0) is 12.1 Å². The number of hydrogen-bond acceptors (Lipinski definition) is 5. The maximum absolute atomic E-state index is 5.73. The lowest BCUT2D eigenvalue weighted by atomic mass is 10.2. The van der Waals surface area contributed by atoms with Crippen LogP contribution < -0.4 is 10.5 Å². The fourth-order valence-electron chi connectivity index (χ4n) is 1.18. The second-order valence-corrected chi connectivity index (χ2v) is 3.19. The van der Waals surface area contributed by atoms with Crippen molar-refractivity contribution in [2.24, 2.45) is 0 Å². The third-order valence-corrected chi connectivity index (χ3v) is 2.02. The van der Waals surface area contributed by atoms with Crippen LogP contribution in [0, 0.1) is 0 Å². The summed E-state index contributed by atoms with van der Waals surface area (Å²) >= 11 is 5.73. The minimum absolute atomic E-state index is 0.307. The summed E-state index contributed by atoms with van der Waals surface area (Å²) in [5.41, 5.74) is 6.10. The van der Waals surface area contributed by atoms with Gasteiger partial charge in [0, 0.05) is 6.07 Å². The van der Waals surface area contributed by atoms with Gasteiger partial charge in [-0.25, -0.2) is 4.98 Å². The molecule has 2 aromatic rings. The van der Waals surface area contributed by atoms with Gasteiger partial charge in [-0.2, -0.15) is 0 Å². The molecule has 0 aromatic carbocycles. The van der Waals surface area contributed by atoms with Gasteiger partial charge in [-0.3, -0.25) is 0 Å². The van der Waals surface area contributed by atoms with Crippen LogP contribution in [0.3, 0.4) is 0 Å². The summed E-state index contributed by atoms with van der Waals surface area (Å²) in [6.45, 7) is 0. The Hall–Kier alpha value is -1.75. The van der Waals surface area contributed by atoms with Gasteiger partial charge in [-0.1, -0.05) is 16.8 Å². The van der Waals surface area contributed by atoms with E-state index in [4.69, 9.17) is 26.6 Å². The highest BCUT2D eigenvalue weighted by atomic mass is 35.5. The maximum atomic E-state index is 5.73. The lowest BCUT2D eigenvalue weighted by molar-refractivity contribution is 0.393. The minimum Gasteiger partial charge on any atom is -0.480 e. The molecule has 2 aromatic heterocycles. The first-order valence-corrected chi connectivity index (χ1v) is 4.51. The van der Waals surface area contributed by atoms with Gasteiger partial charge in [0.05, 0.1) is 12.7 Å². The number of aromatic nitrogens is 2. The van der Waals surface area contributed by atoms with E-state index in [2.05, 4.69) is 10.1 Å². The molecule has 0 fully saturated rings. The molecule has 0 atom stereocenters.